The molecule has 5 heteroatoms. The van der Waals surface area contributed by atoms with Crippen LogP contribution in [0.3, 0.4) is 0 Å². The van der Waals surface area contributed by atoms with E-state index in [1.807, 2.05) is 54.9 Å². The molecule has 1 aromatic carbocycles. The zero-order chi connectivity index (χ0) is 17.1. The number of benzene rings is 1. The van der Waals surface area contributed by atoms with Crippen LogP contribution in [0.25, 0.3) is 10.9 Å². The van der Waals surface area contributed by atoms with E-state index in [0.29, 0.717) is 18.0 Å². The highest BCUT2D eigenvalue weighted by molar-refractivity contribution is 5.97. The van der Waals surface area contributed by atoms with Crippen molar-refractivity contribution in [3.8, 4) is 0 Å². The summed E-state index contributed by atoms with van der Waals surface area (Å²) in [4.78, 5) is 22.4. The highest BCUT2D eigenvalue weighted by Gasteiger charge is 2.21. The van der Waals surface area contributed by atoms with Crippen LogP contribution in [-0.2, 0) is 0 Å². The molecule has 0 spiro atoms. The van der Waals surface area contributed by atoms with E-state index < -0.39 is 0 Å². The summed E-state index contributed by atoms with van der Waals surface area (Å²) in [6.45, 7) is 2.67. The molecule has 1 atom stereocenters. The average molecular weight is 334 g/mol. The fraction of sp³-hybridized carbons (Fsp3) is 0.300. The lowest BCUT2D eigenvalue weighted by atomic mass is 9.98. The van der Waals surface area contributed by atoms with Crippen molar-refractivity contribution in [1.82, 2.24) is 15.3 Å². The third kappa shape index (κ3) is 3.50. The Kier molecular flexibility index (Phi) is 4.37. The molecule has 25 heavy (non-hydrogen) atoms. The third-order valence-electron chi connectivity index (χ3n) is 4.86. The molecule has 0 aliphatic carbocycles. The molecule has 1 aliphatic rings. The maximum absolute atomic E-state index is 12.5. The van der Waals surface area contributed by atoms with Crippen LogP contribution in [0.4, 0.5) is 5.82 Å². The Labute approximate surface area is 147 Å². The second-order valence-electron chi connectivity index (χ2n) is 6.63. The summed E-state index contributed by atoms with van der Waals surface area (Å²) in [6, 6.07) is 13.8. The number of rotatable bonds is 4. The first-order valence-electron chi connectivity index (χ1n) is 8.81. The van der Waals surface area contributed by atoms with Crippen LogP contribution in [0.1, 0.15) is 23.2 Å². The van der Waals surface area contributed by atoms with Gasteiger partial charge in [-0.3, -0.25) is 4.79 Å². The molecule has 0 bridgehead atoms. The number of piperidine rings is 1. The highest BCUT2D eigenvalue weighted by atomic mass is 16.1. The van der Waals surface area contributed by atoms with Gasteiger partial charge in [-0.2, -0.15) is 0 Å². The molecule has 128 valence electrons. The number of fused-ring (bicyclic) bond motifs is 1. The standard InChI is InChI=1S/C20H22N4O/c25-20(17-7-6-16-8-10-21-18(16)12-17)23-13-15-4-3-11-24(14-15)19-5-1-2-9-22-19/h1-2,5-10,12,15,21H,3-4,11,13-14H2,(H,23,25). The first kappa shape index (κ1) is 15.7. The number of amides is 1. The number of pyridine rings is 1. The molecular formula is C20H22N4O. The van der Waals surface area contributed by atoms with E-state index in [4.69, 9.17) is 0 Å². The zero-order valence-corrected chi connectivity index (χ0v) is 14.1. The Morgan fingerprint density at radius 1 is 1.28 bits per heavy atom. The van der Waals surface area contributed by atoms with Crippen LogP contribution in [0.2, 0.25) is 0 Å². The molecule has 1 amide bonds. The molecule has 3 heterocycles. The van der Waals surface area contributed by atoms with Crippen molar-refractivity contribution in [1.29, 1.82) is 0 Å². The van der Waals surface area contributed by atoms with Gasteiger partial charge in [0.05, 0.1) is 0 Å². The molecule has 1 saturated heterocycles. The van der Waals surface area contributed by atoms with E-state index in [2.05, 4.69) is 20.2 Å². The molecule has 1 aliphatic heterocycles. The van der Waals surface area contributed by atoms with Crippen LogP contribution in [0, 0.1) is 5.92 Å². The molecule has 1 unspecified atom stereocenters. The number of anilines is 1. The molecule has 2 N–H and O–H groups in total. The summed E-state index contributed by atoms with van der Waals surface area (Å²) < 4.78 is 0. The summed E-state index contributed by atoms with van der Waals surface area (Å²) in [5, 5.41) is 4.22. The van der Waals surface area contributed by atoms with Gasteiger partial charge in [0.2, 0.25) is 0 Å². The smallest absolute Gasteiger partial charge is 0.251 e. The van der Waals surface area contributed by atoms with Gasteiger partial charge in [-0.25, -0.2) is 4.98 Å². The van der Waals surface area contributed by atoms with Crippen LogP contribution in [0.15, 0.2) is 54.9 Å². The molecule has 1 fully saturated rings. The number of hydrogen-bond acceptors (Lipinski definition) is 3. The summed E-state index contributed by atoms with van der Waals surface area (Å²) in [5.41, 5.74) is 1.69. The number of nitrogens with one attached hydrogen (secondary N) is 2. The van der Waals surface area contributed by atoms with Gasteiger partial charge < -0.3 is 15.2 Å². The fourth-order valence-corrected chi connectivity index (χ4v) is 3.51. The Morgan fingerprint density at radius 2 is 2.24 bits per heavy atom. The minimum Gasteiger partial charge on any atom is -0.361 e. The third-order valence-corrected chi connectivity index (χ3v) is 4.86. The minimum absolute atomic E-state index is 0.00791. The lowest BCUT2D eigenvalue weighted by molar-refractivity contribution is 0.0946. The summed E-state index contributed by atoms with van der Waals surface area (Å²) >= 11 is 0. The van der Waals surface area contributed by atoms with Gasteiger partial charge >= 0.3 is 0 Å². The van der Waals surface area contributed by atoms with Crippen LogP contribution in [0.5, 0.6) is 0 Å². The van der Waals surface area contributed by atoms with Gasteiger partial charge in [-0.1, -0.05) is 12.1 Å². The van der Waals surface area contributed by atoms with Gasteiger partial charge in [-0.15, -0.1) is 0 Å². The quantitative estimate of drug-likeness (QED) is 0.770. The summed E-state index contributed by atoms with van der Waals surface area (Å²) in [5.74, 6) is 1.47. The Balaban J connectivity index is 1.36. The van der Waals surface area contributed by atoms with Gasteiger partial charge in [0.25, 0.3) is 5.91 Å². The van der Waals surface area contributed by atoms with E-state index in [1.54, 1.807) is 0 Å². The number of aromatic amines is 1. The van der Waals surface area contributed by atoms with Gasteiger partial charge in [0.15, 0.2) is 0 Å². The maximum atomic E-state index is 12.5. The molecule has 4 rings (SSSR count). The zero-order valence-electron chi connectivity index (χ0n) is 14.1. The van der Waals surface area contributed by atoms with E-state index in [0.717, 1.165) is 42.7 Å². The van der Waals surface area contributed by atoms with Crippen molar-refractivity contribution in [2.24, 2.45) is 5.92 Å². The van der Waals surface area contributed by atoms with E-state index in [-0.39, 0.29) is 5.91 Å². The fourth-order valence-electron chi connectivity index (χ4n) is 3.51. The molecule has 0 radical (unpaired) electrons. The average Bonchev–Trinajstić information content (AvgIpc) is 3.15. The van der Waals surface area contributed by atoms with Gasteiger partial charge in [-0.05, 0) is 54.5 Å². The van der Waals surface area contributed by atoms with Crippen LogP contribution < -0.4 is 10.2 Å². The summed E-state index contributed by atoms with van der Waals surface area (Å²) in [6.07, 6.45) is 5.99. The van der Waals surface area contributed by atoms with Crippen molar-refractivity contribution >= 4 is 22.6 Å². The number of hydrogen-bond donors (Lipinski definition) is 2. The van der Waals surface area contributed by atoms with Crippen molar-refractivity contribution < 1.29 is 4.79 Å². The number of carbonyl (C=O) groups excluding carboxylic acids is 1. The number of aromatic nitrogens is 2. The lowest BCUT2D eigenvalue weighted by Crippen LogP contribution is -2.41. The lowest BCUT2D eigenvalue weighted by Gasteiger charge is -2.33. The largest absolute Gasteiger partial charge is 0.361 e. The highest BCUT2D eigenvalue weighted by Crippen LogP contribution is 2.21. The van der Waals surface area contributed by atoms with Crippen molar-refractivity contribution in [3.63, 3.8) is 0 Å². The Hall–Kier alpha value is -2.82. The first-order chi connectivity index (χ1) is 12.3. The van der Waals surface area contributed by atoms with Crippen molar-refractivity contribution in [3.05, 3.63) is 60.4 Å². The first-order valence-corrected chi connectivity index (χ1v) is 8.81. The second-order valence-corrected chi connectivity index (χ2v) is 6.63. The summed E-state index contributed by atoms with van der Waals surface area (Å²) in [7, 11) is 0. The molecule has 3 aromatic rings. The van der Waals surface area contributed by atoms with Crippen LogP contribution in [-0.4, -0.2) is 35.5 Å². The number of H-pyrrole nitrogens is 1. The maximum Gasteiger partial charge on any atom is 0.251 e. The number of carbonyl (C=O) groups is 1. The predicted molar refractivity (Wildman–Crippen MR) is 99.8 cm³/mol. The van der Waals surface area contributed by atoms with Gasteiger partial charge in [0, 0.05) is 43.1 Å². The minimum atomic E-state index is -0.00791. The molecular weight excluding hydrogens is 312 g/mol. The molecule has 0 saturated carbocycles. The Morgan fingerprint density at radius 3 is 3.12 bits per heavy atom. The molecule has 5 nitrogen and oxygen atoms in total. The van der Waals surface area contributed by atoms with Gasteiger partial charge in [0.1, 0.15) is 5.82 Å². The van der Waals surface area contributed by atoms with E-state index in [9.17, 15) is 4.79 Å². The van der Waals surface area contributed by atoms with E-state index in [1.165, 1.54) is 0 Å². The predicted octanol–water partition coefficient (Wildman–Crippen LogP) is 3.21. The molecule has 2 aromatic heterocycles. The normalized spacial score (nSPS) is 17.6. The Bertz CT molecular complexity index is 858. The van der Waals surface area contributed by atoms with Crippen molar-refractivity contribution in [2.45, 2.75) is 12.8 Å². The van der Waals surface area contributed by atoms with Crippen molar-refractivity contribution in [2.75, 3.05) is 24.5 Å². The second kappa shape index (κ2) is 6.97. The van der Waals surface area contributed by atoms with E-state index >= 15 is 0 Å². The van der Waals surface area contributed by atoms with Crippen LogP contribution >= 0.6 is 0 Å². The monoisotopic (exact) mass is 334 g/mol. The topological polar surface area (TPSA) is 61.0 Å². The SMILES string of the molecule is O=C(NCC1CCCN(c2ccccn2)C1)c1ccc2cc[nH]c2c1. The number of nitrogens with zero attached hydrogens (tertiary/aromatic N) is 2.